The Labute approximate surface area is 146 Å². The molecule has 0 aromatic carbocycles. The quantitative estimate of drug-likeness (QED) is 0.339. The van der Waals surface area contributed by atoms with Gasteiger partial charge in [-0.25, -0.2) is 4.79 Å². The predicted molar refractivity (Wildman–Crippen MR) is 92.1 cm³/mol. The van der Waals surface area contributed by atoms with Crippen LogP contribution < -0.4 is 5.32 Å². The molecule has 9 heteroatoms. The molecular formula is C15H33NO7Si. The number of methoxy groups -OCH3 is 1. The van der Waals surface area contributed by atoms with Crippen LogP contribution in [0.1, 0.15) is 40.5 Å². The van der Waals surface area contributed by atoms with Gasteiger partial charge in [0.1, 0.15) is 0 Å². The predicted octanol–water partition coefficient (Wildman–Crippen LogP) is 2.46. The molecule has 1 atom stereocenters. The number of ether oxygens (including phenoxy) is 2. The van der Waals surface area contributed by atoms with Crippen LogP contribution in [0.5, 0.6) is 0 Å². The lowest BCUT2D eigenvalue weighted by molar-refractivity contribution is -0.220. The lowest BCUT2D eigenvalue weighted by Gasteiger charge is -2.33. The first kappa shape index (κ1) is 23.3. The first-order valence-corrected chi connectivity index (χ1v) is 10.4. The van der Waals surface area contributed by atoms with Crippen LogP contribution in [-0.4, -0.2) is 65.9 Å². The lowest BCUT2D eigenvalue weighted by atomic mass is 10.1. The Kier molecular flexibility index (Phi) is 12.2. The van der Waals surface area contributed by atoms with E-state index in [0.717, 1.165) is 0 Å². The Morgan fingerprint density at radius 3 is 1.96 bits per heavy atom. The zero-order chi connectivity index (χ0) is 18.5. The van der Waals surface area contributed by atoms with Crippen molar-refractivity contribution < 1.29 is 32.7 Å². The maximum Gasteiger partial charge on any atom is 0.500 e. The summed E-state index contributed by atoms with van der Waals surface area (Å²) in [5.41, 5.74) is 0. The van der Waals surface area contributed by atoms with Crippen LogP contribution in [0.3, 0.4) is 0 Å². The van der Waals surface area contributed by atoms with Gasteiger partial charge in [0.05, 0.1) is 6.54 Å². The number of amides is 1. The highest BCUT2D eigenvalue weighted by atomic mass is 28.4. The van der Waals surface area contributed by atoms with E-state index in [-0.39, 0.29) is 6.54 Å². The lowest BCUT2D eigenvalue weighted by Crippen LogP contribution is -2.48. The van der Waals surface area contributed by atoms with Crippen molar-refractivity contribution in [3.05, 3.63) is 0 Å². The van der Waals surface area contributed by atoms with Crippen LogP contribution in [0, 0.1) is 0 Å². The van der Waals surface area contributed by atoms with Crippen molar-refractivity contribution in [3.63, 3.8) is 0 Å². The minimum atomic E-state index is -2.72. The molecule has 8 nitrogen and oxygen atoms in total. The van der Waals surface area contributed by atoms with E-state index >= 15 is 0 Å². The SMILES string of the molecule is CCOC(CCC[Si](OCC)(OCC)OCC)(CNC(=O)O)OC. The van der Waals surface area contributed by atoms with E-state index in [4.69, 9.17) is 27.9 Å². The van der Waals surface area contributed by atoms with Crippen molar-refractivity contribution in [2.45, 2.75) is 52.4 Å². The zero-order valence-electron chi connectivity index (χ0n) is 15.6. The number of carboxylic acid groups (broad SMARTS) is 1. The molecule has 0 bridgehead atoms. The second-order valence-electron chi connectivity index (χ2n) is 5.04. The van der Waals surface area contributed by atoms with Gasteiger partial charge < -0.3 is 33.2 Å². The maximum atomic E-state index is 10.8. The molecule has 0 spiro atoms. The van der Waals surface area contributed by atoms with E-state index in [9.17, 15) is 4.79 Å². The topological polar surface area (TPSA) is 95.5 Å². The van der Waals surface area contributed by atoms with Gasteiger partial charge in [-0.15, -0.1) is 0 Å². The fourth-order valence-electron chi connectivity index (χ4n) is 2.49. The largest absolute Gasteiger partial charge is 0.500 e. The maximum absolute atomic E-state index is 10.8. The monoisotopic (exact) mass is 367 g/mol. The molecule has 0 aliphatic carbocycles. The van der Waals surface area contributed by atoms with E-state index in [1.165, 1.54) is 7.11 Å². The summed E-state index contributed by atoms with van der Waals surface area (Å²) >= 11 is 0. The number of carbonyl (C=O) groups is 1. The highest BCUT2D eigenvalue weighted by Crippen LogP contribution is 2.25. The molecule has 0 aliphatic rings. The standard InChI is InChI=1S/C15H33NO7Si/c1-6-20-15(19-5,13-16-14(17)18)11-10-12-24(21-7-2,22-8-3)23-9-4/h16H,6-13H2,1-5H3,(H,17,18). The highest BCUT2D eigenvalue weighted by Gasteiger charge is 2.41. The molecule has 0 heterocycles. The molecule has 0 fully saturated rings. The van der Waals surface area contributed by atoms with Crippen LogP contribution in [0.15, 0.2) is 0 Å². The average Bonchev–Trinajstić information content (AvgIpc) is 2.53. The normalized spacial score (nSPS) is 14.4. The molecule has 0 saturated carbocycles. The van der Waals surface area contributed by atoms with Gasteiger partial charge in [-0.05, 0) is 34.1 Å². The summed E-state index contributed by atoms with van der Waals surface area (Å²) in [4.78, 5) is 10.8. The van der Waals surface area contributed by atoms with E-state index in [1.807, 2.05) is 27.7 Å². The third-order valence-electron chi connectivity index (χ3n) is 3.42. The fourth-order valence-corrected chi connectivity index (χ4v) is 5.11. The van der Waals surface area contributed by atoms with E-state index in [2.05, 4.69) is 5.32 Å². The molecule has 0 aromatic rings. The van der Waals surface area contributed by atoms with Gasteiger partial charge in [0.25, 0.3) is 0 Å². The third kappa shape index (κ3) is 8.40. The van der Waals surface area contributed by atoms with E-state index in [1.54, 1.807) is 0 Å². The molecule has 0 radical (unpaired) electrons. The second-order valence-corrected chi connectivity index (χ2v) is 7.77. The molecule has 144 valence electrons. The smallest absolute Gasteiger partial charge is 0.465 e. The number of rotatable bonds is 15. The Morgan fingerprint density at radius 2 is 1.58 bits per heavy atom. The van der Waals surface area contributed by atoms with Crippen molar-refractivity contribution in [3.8, 4) is 0 Å². The summed E-state index contributed by atoms with van der Waals surface area (Å²) in [6.07, 6.45) is 0.0545. The van der Waals surface area contributed by atoms with Crippen molar-refractivity contribution in [2.24, 2.45) is 0 Å². The number of nitrogens with one attached hydrogen (secondary N) is 1. The summed E-state index contributed by atoms with van der Waals surface area (Å²) in [6, 6.07) is 0.619. The van der Waals surface area contributed by atoms with Crippen LogP contribution in [0.4, 0.5) is 4.79 Å². The van der Waals surface area contributed by atoms with Crippen molar-refractivity contribution in [2.75, 3.05) is 40.1 Å². The summed E-state index contributed by atoms with van der Waals surface area (Å²) < 4.78 is 28.6. The molecule has 24 heavy (non-hydrogen) atoms. The Hall–Kier alpha value is -0.713. The Bertz CT molecular complexity index is 329. The molecule has 1 unspecified atom stereocenters. The summed E-state index contributed by atoms with van der Waals surface area (Å²) in [6.45, 7) is 9.62. The summed E-state index contributed by atoms with van der Waals surface area (Å²) in [5.74, 6) is -1.00. The minimum absolute atomic E-state index is 0.0547. The fraction of sp³-hybridized carbons (Fsp3) is 0.933. The Balaban J connectivity index is 4.86. The molecule has 0 aromatic heterocycles. The van der Waals surface area contributed by atoms with Crippen LogP contribution >= 0.6 is 0 Å². The van der Waals surface area contributed by atoms with Gasteiger partial charge in [-0.1, -0.05) is 0 Å². The molecule has 0 rings (SSSR count). The van der Waals surface area contributed by atoms with Crippen molar-refractivity contribution in [1.82, 2.24) is 5.32 Å². The minimum Gasteiger partial charge on any atom is -0.465 e. The Morgan fingerprint density at radius 1 is 1.04 bits per heavy atom. The number of hydrogen-bond donors (Lipinski definition) is 2. The van der Waals surface area contributed by atoms with Crippen LogP contribution in [0.2, 0.25) is 6.04 Å². The first-order valence-electron chi connectivity index (χ1n) is 8.50. The van der Waals surface area contributed by atoms with Crippen molar-refractivity contribution in [1.29, 1.82) is 0 Å². The van der Waals surface area contributed by atoms with Crippen molar-refractivity contribution >= 4 is 14.9 Å². The zero-order valence-corrected chi connectivity index (χ0v) is 16.6. The summed E-state index contributed by atoms with van der Waals surface area (Å²) in [7, 11) is -1.21. The molecule has 1 amide bonds. The number of hydrogen-bond acceptors (Lipinski definition) is 6. The molecular weight excluding hydrogens is 334 g/mol. The van der Waals surface area contributed by atoms with E-state index in [0.29, 0.717) is 45.3 Å². The molecule has 0 saturated heterocycles. The highest BCUT2D eigenvalue weighted by molar-refractivity contribution is 6.60. The van der Waals surface area contributed by atoms with Crippen LogP contribution in [-0.2, 0) is 22.8 Å². The van der Waals surface area contributed by atoms with E-state index < -0.39 is 20.7 Å². The van der Waals surface area contributed by atoms with Gasteiger partial charge in [-0.3, -0.25) is 0 Å². The molecule has 0 aliphatic heterocycles. The summed E-state index contributed by atoms with van der Waals surface area (Å²) in [5, 5.41) is 11.2. The van der Waals surface area contributed by atoms with Gasteiger partial charge in [0.2, 0.25) is 0 Å². The van der Waals surface area contributed by atoms with Gasteiger partial charge in [0, 0.05) is 46.0 Å². The average molecular weight is 368 g/mol. The van der Waals surface area contributed by atoms with Gasteiger partial charge in [0.15, 0.2) is 5.79 Å². The van der Waals surface area contributed by atoms with Crippen LogP contribution in [0.25, 0.3) is 0 Å². The first-order chi connectivity index (χ1) is 11.4. The second kappa shape index (κ2) is 12.6. The van der Waals surface area contributed by atoms with Gasteiger partial charge in [-0.2, -0.15) is 0 Å². The molecule has 2 N–H and O–H groups in total. The van der Waals surface area contributed by atoms with Gasteiger partial charge >= 0.3 is 14.9 Å². The third-order valence-corrected chi connectivity index (χ3v) is 6.57.